The van der Waals surface area contributed by atoms with Gasteiger partial charge in [0.05, 0.1) is 11.8 Å². The van der Waals surface area contributed by atoms with Gasteiger partial charge in [-0.25, -0.2) is 4.98 Å². The number of nitrogens with one attached hydrogen (secondary N) is 1. The van der Waals surface area contributed by atoms with E-state index in [2.05, 4.69) is 10.3 Å². The molecule has 1 atom stereocenters. The van der Waals surface area contributed by atoms with E-state index in [1.54, 1.807) is 19.1 Å². The van der Waals surface area contributed by atoms with Crippen LogP contribution in [0.3, 0.4) is 0 Å². The van der Waals surface area contributed by atoms with E-state index < -0.39 is 0 Å². The monoisotopic (exact) mass is 196 g/mol. The van der Waals surface area contributed by atoms with E-state index in [1.807, 2.05) is 0 Å². The second-order valence-electron chi connectivity index (χ2n) is 3.24. The van der Waals surface area contributed by atoms with Crippen molar-refractivity contribution in [1.82, 2.24) is 4.98 Å². The Balaban J connectivity index is 2.47. The molecule has 0 spiro atoms. The Hall–Kier alpha value is -1.49. The fourth-order valence-corrected chi connectivity index (χ4v) is 0.993. The first-order valence-electron chi connectivity index (χ1n) is 4.53. The zero-order chi connectivity index (χ0) is 10.6. The molecule has 1 unspecified atom stereocenters. The first kappa shape index (κ1) is 10.6. The maximum Gasteiger partial charge on any atom is 0.149 e. The normalized spacial score (nSPS) is 12.4. The number of aliphatic hydroxyl groups is 1. The van der Waals surface area contributed by atoms with Gasteiger partial charge >= 0.3 is 0 Å². The molecule has 0 bridgehead atoms. The first-order valence-corrected chi connectivity index (χ1v) is 4.53. The maximum absolute atomic E-state index is 9.02. The van der Waals surface area contributed by atoms with Gasteiger partial charge in [-0.15, -0.1) is 0 Å². The number of nitrogens with two attached hydrogens (primary N) is 2. The Morgan fingerprint density at radius 3 is 2.79 bits per heavy atom. The van der Waals surface area contributed by atoms with E-state index in [1.165, 1.54) is 0 Å². The molecule has 1 aromatic heterocycles. The number of pyridine rings is 1. The summed E-state index contributed by atoms with van der Waals surface area (Å²) in [5, 5.41) is 12.1. The number of hydrogen-bond donors (Lipinski definition) is 4. The maximum atomic E-state index is 9.02. The van der Waals surface area contributed by atoms with Gasteiger partial charge in [-0.1, -0.05) is 0 Å². The van der Waals surface area contributed by atoms with E-state index in [4.69, 9.17) is 16.6 Å². The van der Waals surface area contributed by atoms with Crippen molar-refractivity contribution >= 4 is 17.3 Å². The number of aliphatic hydroxyl groups excluding tert-OH is 1. The Morgan fingerprint density at radius 2 is 2.21 bits per heavy atom. The van der Waals surface area contributed by atoms with Gasteiger partial charge in [0.15, 0.2) is 0 Å². The minimum Gasteiger partial charge on any atom is -0.396 e. The lowest BCUT2D eigenvalue weighted by Crippen LogP contribution is -2.11. The standard InChI is InChI=1S/C9H16N4O/c1-6(14)4-5-12-8-3-2-7(10)9(11)13-8/h2-3,6,14H,4-5,10H2,1H3,(H3,11,12,13). The van der Waals surface area contributed by atoms with Crippen LogP contribution in [0.15, 0.2) is 12.1 Å². The number of anilines is 3. The third kappa shape index (κ3) is 3.10. The summed E-state index contributed by atoms with van der Waals surface area (Å²) < 4.78 is 0. The minimum absolute atomic E-state index is 0.311. The summed E-state index contributed by atoms with van der Waals surface area (Å²) in [6.07, 6.45) is 0.361. The highest BCUT2D eigenvalue weighted by Crippen LogP contribution is 2.14. The molecule has 6 N–H and O–H groups in total. The number of aromatic nitrogens is 1. The van der Waals surface area contributed by atoms with Crippen molar-refractivity contribution < 1.29 is 5.11 Å². The van der Waals surface area contributed by atoms with Crippen molar-refractivity contribution in [2.45, 2.75) is 19.4 Å². The van der Waals surface area contributed by atoms with Crippen molar-refractivity contribution in [1.29, 1.82) is 0 Å². The summed E-state index contributed by atoms with van der Waals surface area (Å²) in [7, 11) is 0. The molecule has 0 fully saturated rings. The predicted molar refractivity (Wildman–Crippen MR) is 57.8 cm³/mol. The van der Waals surface area contributed by atoms with Crippen LogP contribution in [0.1, 0.15) is 13.3 Å². The molecule has 1 aromatic rings. The second-order valence-corrected chi connectivity index (χ2v) is 3.24. The predicted octanol–water partition coefficient (Wildman–Crippen LogP) is 0.429. The number of hydrogen-bond acceptors (Lipinski definition) is 5. The van der Waals surface area contributed by atoms with Crippen LogP contribution < -0.4 is 16.8 Å². The summed E-state index contributed by atoms with van der Waals surface area (Å²) in [5.41, 5.74) is 11.5. The van der Waals surface area contributed by atoms with Gasteiger partial charge in [-0.3, -0.25) is 0 Å². The van der Waals surface area contributed by atoms with Crippen LogP contribution in [0.4, 0.5) is 17.3 Å². The number of nitrogen functional groups attached to an aromatic ring is 2. The molecule has 0 saturated heterocycles. The average molecular weight is 196 g/mol. The van der Waals surface area contributed by atoms with Crippen LogP contribution in [0.25, 0.3) is 0 Å². The third-order valence-corrected chi connectivity index (χ3v) is 1.83. The quantitative estimate of drug-likeness (QED) is 0.560. The van der Waals surface area contributed by atoms with Gasteiger partial charge in [-0.05, 0) is 25.5 Å². The van der Waals surface area contributed by atoms with Crippen molar-refractivity contribution in [2.24, 2.45) is 0 Å². The topological polar surface area (TPSA) is 97.2 Å². The summed E-state index contributed by atoms with van der Waals surface area (Å²) in [5.74, 6) is 1.00. The summed E-state index contributed by atoms with van der Waals surface area (Å²) in [6.45, 7) is 2.40. The van der Waals surface area contributed by atoms with Gasteiger partial charge in [0.25, 0.3) is 0 Å². The fourth-order valence-electron chi connectivity index (χ4n) is 0.993. The molecule has 1 rings (SSSR count). The molecule has 0 aliphatic rings. The molecule has 78 valence electrons. The lowest BCUT2D eigenvalue weighted by molar-refractivity contribution is 0.188. The van der Waals surface area contributed by atoms with Crippen LogP contribution in [-0.4, -0.2) is 22.7 Å². The highest BCUT2D eigenvalue weighted by atomic mass is 16.3. The molecule has 5 nitrogen and oxygen atoms in total. The van der Waals surface area contributed by atoms with Crippen molar-refractivity contribution in [3.8, 4) is 0 Å². The first-order chi connectivity index (χ1) is 6.59. The van der Waals surface area contributed by atoms with Crippen molar-refractivity contribution in [3.05, 3.63) is 12.1 Å². The Labute approximate surface area is 83.1 Å². The molecule has 0 aromatic carbocycles. The highest BCUT2D eigenvalue weighted by Gasteiger charge is 1.99. The zero-order valence-electron chi connectivity index (χ0n) is 8.20. The van der Waals surface area contributed by atoms with Crippen LogP contribution in [0.5, 0.6) is 0 Å². The molecular weight excluding hydrogens is 180 g/mol. The van der Waals surface area contributed by atoms with Gasteiger partial charge in [0, 0.05) is 6.54 Å². The van der Waals surface area contributed by atoms with Gasteiger partial charge in [0.2, 0.25) is 0 Å². The van der Waals surface area contributed by atoms with Gasteiger partial charge in [-0.2, -0.15) is 0 Å². The summed E-state index contributed by atoms with van der Waals surface area (Å²) in [4.78, 5) is 4.03. The largest absolute Gasteiger partial charge is 0.396 e. The lowest BCUT2D eigenvalue weighted by Gasteiger charge is -2.08. The smallest absolute Gasteiger partial charge is 0.149 e. The number of nitrogens with zero attached hydrogens (tertiary/aromatic N) is 1. The zero-order valence-corrected chi connectivity index (χ0v) is 8.20. The molecule has 0 saturated carbocycles. The molecule has 0 amide bonds. The van der Waals surface area contributed by atoms with E-state index >= 15 is 0 Å². The number of rotatable bonds is 4. The lowest BCUT2D eigenvalue weighted by atomic mass is 10.3. The Bertz CT molecular complexity index is 301. The minimum atomic E-state index is -0.311. The summed E-state index contributed by atoms with van der Waals surface area (Å²) >= 11 is 0. The molecule has 5 heteroatoms. The van der Waals surface area contributed by atoms with E-state index in [0.717, 1.165) is 0 Å². The fraction of sp³-hybridized carbons (Fsp3) is 0.444. The molecule has 0 radical (unpaired) electrons. The van der Waals surface area contributed by atoms with Crippen LogP contribution in [0, 0.1) is 0 Å². The average Bonchev–Trinajstić information content (AvgIpc) is 2.10. The van der Waals surface area contributed by atoms with E-state index in [9.17, 15) is 0 Å². The molecular formula is C9H16N4O. The van der Waals surface area contributed by atoms with Crippen molar-refractivity contribution in [3.63, 3.8) is 0 Å². The van der Waals surface area contributed by atoms with Crippen LogP contribution in [0.2, 0.25) is 0 Å². The molecule has 0 aliphatic carbocycles. The van der Waals surface area contributed by atoms with E-state index in [0.29, 0.717) is 30.3 Å². The molecule has 14 heavy (non-hydrogen) atoms. The Kier molecular flexibility index (Phi) is 3.53. The molecule has 0 aliphatic heterocycles. The Morgan fingerprint density at radius 1 is 1.50 bits per heavy atom. The highest BCUT2D eigenvalue weighted by molar-refractivity contribution is 5.61. The van der Waals surface area contributed by atoms with Gasteiger partial charge < -0.3 is 21.9 Å². The summed E-state index contributed by atoms with van der Waals surface area (Å²) in [6, 6.07) is 3.46. The third-order valence-electron chi connectivity index (χ3n) is 1.83. The van der Waals surface area contributed by atoms with E-state index in [-0.39, 0.29) is 6.10 Å². The second kappa shape index (κ2) is 4.66. The van der Waals surface area contributed by atoms with Crippen LogP contribution >= 0.6 is 0 Å². The van der Waals surface area contributed by atoms with Gasteiger partial charge in [0.1, 0.15) is 11.6 Å². The molecule has 1 heterocycles. The van der Waals surface area contributed by atoms with Crippen molar-refractivity contribution in [2.75, 3.05) is 23.3 Å². The van der Waals surface area contributed by atoms with Crippen LogP contribution in [-0.2, 0) is 0 Å². The SMILES string of the molecule is CC(O)CCNc1ccc(N)c(N)n1.